The third-order valence-electron chi connectivity index (χ3n) is 4.43. The third kappa shape index (κ3) is 6.63. The van der Waals surface area contributed by atoms with Crippen molar-refractivity contribution in [1.82, 2.24) is 10.2 Å². The third-order valence-corrected chi connectivity index (χ3v) is 6.08. The Bertz CT molecular complexity index is 829. The smallest absolute Gasteiger partial charge is 0.242 e. The second-order valence-corrected chi connectivity index (χ2v) is 8.18. The lowest BCUT2D eigenvalue weighted by molar-refractivity contribution is -0.139. The Kier molecular flexibility index (Phi) is 9.27. The van der Waals surface area contributed by atoms with E-state index in [0.717, 1.165) is 11.1 Å². The van der Waals surface area contributed by atoms with Crippen LogP contribution in [0.2, 0.25) is 10.0 Å². The van der Waals surface area contributed by atoms with Gasteiger partial charge in [0.1, 0.15) is 11.9 Å². The lowest BCUT2D eigenvalue weighted by Gasteiger charge is -2.30. The number of amides is 2. The van der Waals surface area contributed by atoms with E-state index in [1.54, 1.807) is 37.4 Å². The number of rotatable bonds is 9. The normalized spacial score (nSPS) is 11.8. The number of carbonyl (C=O) groups is 2. The zero-order valence-corrected chi connectivity index (χ0v) is 18.6. The summed E-state index contributed by atoms with van der Waals surface area (Å²) in [5.74, 6) is -0.126. The molecule has 0 aliphatic carbocycles. The van der Waals surface area contributed by atoms with Gasteiger partial charge in [-0.05, 0) is 41.8 Å². The largest absolute Gasteiger partial charge is 0.357 e. The molecule has 8 heteroatoms. The van der Waals surface area contributed by atoms with E-state index >= 15 is 0 Å². The molecule has 0 heterocycles. The molecule has 1 N–H and O–H groups in total. The Labute approximate surface area is 184 Å². The maximum atomic E-state index is 13.2. The first kappa shape index (κ1) is 23.5. The van der Waals surface area contributed by atoms with E-state index in [-0.39, 0.29) is 29.9 Å². The molecule has 0 fully saturated rings. The van der Waals surface area contributed by atoms with Gasteiger partial charge in [0.05, 0.1) is 5.75 Å². The molecule has 0 aliphatic heterocycles. The SMILES string of the molecule is CC[C@H](C(=O)NC)N(Cc1ccc(F)cc1)C(=O)CSCc1c(Cl)cccc1Cl. The average Bonchev–Trinajstić information content (AvgIpc) is 2.71. The van der Waals surface area contributed by atoms with Crippen LogP contribution in [0.25, 0.3) is 0 Å². The van der Waals surface area contributed by atoms with Crippen LogP contribution >= 0.6 is 35.0 Å². The molecule has 2 rings (SSSR count). The zero-order chi connectivity index (χ0) is 21.4. The molecule has 1 atom stereocenters. The average molecular weight is 457 g/mol. The first-order valence-electron chi connectivity index (χ1n) is 9.13. The van der Waals surface area contributed by atoms with E-state index in [2.05, 4.69) is 5.32 Å². The first-order valence-corrected chi connectivity index (χ1v) is 11.0. The molecule has 156 valence electrons. The fraction of sp³-hybridized carbons (Fsp3) is 0.333. The summed E-state index contributed by atoms with van der Waals surface area (Å²) in [6.07, 6.45) is 0.466. The van der Waals surface area contributed by atoms with Gasteiger partial charge < -0.3 is 10.2 Å². The number of nitrogens with one attached hydrogen (secondary N) is 1. The topological polar surface area (TPSA) is 49.4 Å². The summed E-state index contributed by atoms with van der Waals surface area (Å²) in [5.41, 5.74) is 1.53. The zero-order valence-electron chi connectivity index (χ0n) is 16.3. The monoisotopic (exact) mass is 456 g/mol. The molecular formula is C21H23Cl2FN2O2S. The van der Waals surface area contributed by atoms with Crippen molar-refractivity contribution in [2.45, 2.75) is 31.7 Å². The van der Waals surface area contributed by atoms with Crippen molar-refractivity contribution in [3.05, 3.63) is 69.5 Å². The highest BCUT2D eigenvalue weighted by molar-refractivity contribution is 7.99. The van der Waals surface area contributed by atoms with Gasteiger partial charge in [-0.2, -0.15) is 0 Å². The van der Waals surface area contributed by atoms with Crippen LogP contribution in [0.15, 0.2) is 42.5 Å². The van der Waals surface area contributed by atoms with Crippen molar-refractivity contribution < 1.29 is 14.0 Å². The minimum atomic E-state index is -0.609. The predicted octanol–water partition coefficient (Wildman–Crippen LogP) is 4.92. The van der Waals surface area contributed by atoms with Crippen molar-refractivity contribution in [1.29, 1.82) is 0 Å². The number of hydrogen-bond acceptors (Lipinski definition) is 3. The van der Waals surface area contributed by atoms with Gasteiger partial charge in [0.15, 0.2) is 0 Å². The minimum Gasteiger partial charge on any atom is -0.357 e. The summed E-state index contributed by atoms with van der Waals surface area (Å²) in [5, 5.41) is 3.71. The van der Waals surface area contributed by atoms with E-state index in [1.807, 2.05) is 6.92 Å². The van der Waals surface area contributed by atoms with Crippen molar-refractivity contribution >= 4 is 46.8 Å². The standard InChI is InChI=1S/C21H23Cl2FN2O2S/c1-3-19(21(28)25-2)26(11-14-7-9-15(24)10-8-14)20(27)13-29-12-16-17(22)5-4-6-18(16)23/h4-10,19H,3,11-13H2,1-2H3,(H,25,28)/t19-/m1/s1. The Morgan fingerprint density at radius 1 is 1.14 bits per heavy atom. The van der Waals surface area contributed by atoms with E-state index in [9.17, 15) is 14.0 Å². The Hall–Kier alpha value is -1.76. The van der Waals surface area contributed by atoms with Gasteiger partial charge >= 0.3 is 0 Å². The fourth-order valence-corrected chi connectivity index (χ4v) is 4.51. The highest BCUT2D eigenvalue weighted by atomic mass is 35.5. The van der Waals surface area contributed by atoms with Crippen LogP contribution in [0.4, 0.5) is 4.39 Å². The summed E-state index contributed by atoms with van der Waals surface area (Å²) in [6, 6.07) is 10.6. The van der Waals surface area contributed by atoms with Crippen LogP contribution in [0, 0.1) is 5.82 Å². The number of carbonyl (C=O) groups excluding carboxylic acids is 2. The van der Waals surface area contributed by atoms with Crippen LogP contribution in [0.5, 0.6) is 0 Å². The number of likely N-dealkylation sites (N-methyl/N-ethyl adjacent to an activating group) is 1. The minimum absolute atomic E-state index is 0.163. The predicted molar refractivity (Wildman–Crippen MR) is 118 cm³/mol. The molecule has 0 spiro atoms. The van der Waals surface area contributed by atoms with Crippen molar-refractivity contribution in [3.8, 4) is 0 Å². The van der Waals surface area contributed by atoms with Gasteiger partial charge in [-0.3, -0.25) is 9.59 Å². The van der Waals surface area contributed by atoms with Gasteiger partial charge in [-0.25, -0.2) is 4.39 Å². The fourth-order valence-electron chi connectivity index (χ4n) is 2.87. The van der Waals surface area contributed by atoms with Crippen LogP contribution < -0.4 is 5.32 Å². The molecule has 0 radical (unpaired) electrons. The number of hydrogen-bond donors (Lipinski definition) is 1. The number of halogens is 3. The second-order valence-electron chi connectivity index (χ2n) is 6.38. The van der Waals surface area contributed by atoms with E-state index < -0.39 is 6.04 Å². The molecule has 0 saturated heterocycles. The molecule has 2 aromatic rings. The summed E-state index contributed by atoms with van der Waals surface area (Å²) < 4.78 is 13.2. The van der Waals surface area contributed by atoms with Crippen LogP contribution in [-0.4, -0.2) is 35.6 Å². The second kappa shape index (κ2) is 11.4. The number of thioether (sulfide) groups is 1. The van der Waals surface area contributed by atoms with Gasteiger partial charge in [0.2, 0.25) is 11.8 Å². The Balaban J connectivity index is 2.12. The van der Waals surface area contributed by atoms with Crippen molar-refractivity contribution in [2.75, 3.05) is 12.8 Å². The molecule has 0 bridgehead atoms. The van der Waals surface area contributed by atoms with E-state index in [0.29, 0.717) is 22.2 Å². The number of benzene rings is 2. The number of nitrogens with zero attached hydrogens (tertiary/aromatic N) is 1. The van der Waals surface area contributed by atoms with Gasteiger partial charge in [0.25, 0.3) is 0 Å². The maximum Gasteiger partial charge on any atom is 0.242 e. The van der Waals surface area contributed by atoms with Gasteiger partial charge in [0, 0.05) is 29.4 Å². The first-order chi connectivity index (χ1) is 13.9. The van der Waals surface area contributed by atoms with Crippen LogP contribution in [-0.2, 0) is 21.9 Å². The Morgan fingerprint density at radius 2 is 1.76 bits per heavy atom. The molecule has 0 saturated carbocycles. The molecule has 0 unspecified atom stereocenters. The molecule has 29 heavy (non-hydrogen) atoms. The highest BCUT2D eigenvalue weighted by Gasteiger charge is 2.27. The van der Waals surface area contributed by atoms with Crippen LogP contribution in [0.1, 0.15) is 24.5 Å². The summed E-state index contributed by atoms with van der Waals surface area (Å²) in [7, 11) is 1.54. The lowest BCUT2D eigenvalue weighted by Crippen LogP contribution is -2.48. The molecule has 4 nitrogen and oxygen atoms in total. The lowest BCUT2D eigenvalue weighted by atomic mass is 10.1. The Morgan fingerprint density at radius 3 is 2.31 bits per heavy atom. The van der Waals surface area contributed by atoms with Crippen molar-refractivity contribution in [3.63, 3.8) is 0 Å². The summed E-state index contributed by atoms with van der Waals surface area (Å²) in [6.45, 7) is 2.07. The summed E-state index contributed by atoms with van der Waals surface area (Å²) >= 11 is 13.7. The molecule has 2 aromatic carbocycles. The van der Waals surface area contributed by atoms with Crippen LogP contribution in [0.3, 0.4) is 0 Å². The molecule has 0 aromatic heterocycles. The quantitative estimate of drug-likeness (QED) is 0.582. The maximum absolute atomic E-state index is 13.2. The molecule has 0 aliphatic rings. The summed E-state index contributed by atoms with van der Waals surface area (Å²) in [4.78, 5) is 26.8. The highest BCUT2D eigenvalue weighted by Crippen LogP contribution is 2.28. The molecule has 2 amide bonds. The van der Waals surface area contributed by atoms with E-state index in [1.165, 1.54) is 28.8 Å². The van der Waals surface area contributed by atoms with Gasteiger partial charge in [-0.1, -0.05) is 48.3 Å². The van der Waals surface area contributed by atoms with Crippen molar-refractivity contribution in [2.24, 2.45) is 0 Å². The van der Waals surface area contributed by atoms with Gasteiger partial charge in [-0.15, -0.1) is 11.8 Å². The molecular weight excluding hydrogens is 434 g/mol. The van der Waals surface area contributed by atoms with E-state index in [4.69, 9.17) is 23.2 Å².